The molecule has 1 saturated carbocycles. The average molecular weight is 307 g/mol. The fraction of sp³-hybridized carbons (Fsp3) is 0.500. The lowest BCUT2D eigenvalue weighted by atomic mass is 10.1. The summed E-state index contributed by atoms with van der Waals surface area (Å²) in [6.45, 7) is 0.442. The molecule has 0 heterocycles. The minimum absolute atomic E-state index is 0.0576. The topological polar surface area (TPSA) is 72.2 Å². The SMILES string of the molecule is NCC1CCCC1NS(=O)(=O)c1cc(F)cc(Cl)c1. The zero-order valence-corrected chi connectivity index (χ0v) is 11.8. The number of rotatable bonds is 4. The minimum Gasteiger partial charge on any atom is -0.330 e. The van der Waals surface area contributed by atoms with E-state index >= 15 is 0 Å². The lowest BCUT2D eigenvalue weighted by molar-refractivity contribution is 0.452. The number of nitrogens with two attached hydrogens (primary N) is 1. The van der Waals surface area contributed by atoms with Crippen LogP contribution in [0, 0.1) is 11.7 Å². The molecule has 19 heavy (non-hydrogen) atoms. The van der Waals surface area contributed by atoms with Gasteiger partial charge in [-0.3, -0.25) is 0 Å². The molecule has 1 aromatic rings. The minimum atomic E-state index is -3.76. The van der Waals surface area contributed by atoms with E-state index in [1.807, 2.05) is 0 Å². The van der Waals surface area contributed by atoms with E-state index in [-0.39, 0.29) is 21.9 Å². The Hall–Kier alpha value is -0.690. The van der Waals surface area contributed by atoms with E-state index in [4.69, 9.17) is 17.3 Å². The Morgan fingerprint density at radius 1 is 1.37 bits per heavy atom. The summed E-state index contributed by atoms with van der Waals surface area (Å²) in [4.78, 5) is -0.153. The second kappa shape index (κ2) is 5.75. The fourth-order valence-electron chi connectivity index (χ4n) is 2.43. The molecule has 0 saturated heterocycles. The van der Waals surface area contributed by atoms with Gasteiger partial charge >= 0.3 is 0 Å². The van der Waals surface area contributed by atoms with Gasteiger partial charge in [0.25, 0.3) is 0 Å². The molecular weight excluding hydrogens is 291 g/mol. The quantitative estimate of drug-likeness (QED) is 0.892. The lowest BCUT2D eigenvalue weighted by Gasteiger charge is -2.19. The van der Waals surface area contributed by atoms with Gasteiger partial charge in [-0.25, -0.2) is 17.5 Å². The lowest BCUT2D eigenvalue weighted by Crippen LogP contribution is -2.39. The van der Waals surface area contributed by atoms with Crippen molar-refractivity contribution in [3.05, 3.63) is 29.0 Å². The number of hydrogen-bond donors (Lipinski definition) is 2. The van der Waals surface area contributed by atoms with Crippen LogP contribution < -0.4 is 10.5 Å². The normalized spacial score (nSPS) is 23.7. The first-order chi connectivity index (χ1) is 8.92. The third-order valence-corrected chi connectivity index (χ3v) is 5.10. The average Bonchev–Trinajstić information content (AvgIpc) is 2.74. The van der Waals surface area contributed by atoms with Crippen LogP contribution >= 0.6 is 11.6 Å². The molecular formula is C12H16ClFN2O2S. The number of nitrogens with one attached hydrogen (secondary N) is 1. The molecule has 1 aliphatic rings. The molecule has 0 bridgehead atoms. The van der Waals surface area contributed by atoms with Gasteiger partial charge in [0.1, 0.15) is 5.82 Å². The molecule has 3 N–H and O–H groups in total. The number of benzene rings is 1. The van der Waals surface area contributed by atoms with Crippen molar-refractivity contribution in [1.29, 1.82) is 0 Å². The van der Waals surface area contributed by atoms with E-state index in [2.05, 4.69) is 4.72 Å². The first-order valence-corrected chi connectivity index (χ1v) is 7.97. The van der Waals surface area contributed by atoms with Gasteiger partial charge in [0.2, 0.25) is 10.0 Å². The second-order valence-electron chi connectivity index (χ2n) is 4.76. The van der Waals surface area contributed by atoms with Crippen LogP contribution in [-0.2, 0) is 10.0 Å². The largest absolute Gasteiger partial charge is 0.330 e. The van der Waals surface area contributed by atoms with E-state index in [1.165, 1.54) is 6.07 Å². The van der Waals surface area contributed by atoms with Crippen molar-refractivity contribution in [1.82, 2.24) is 4.72 Å². The first kappa shape index (κ1) is 14.7. The van der Waals surface area contributed by atoms with Crippen molar-refractivity contribution in [3.63, 3.8) is 0 Å². The van der Waals surface area contributed by atoms with Crippen LogP contribution in [-0.4, -0.2) is 21.0 Å². The smallest absolute Gasteiger partial charge is 0.240 e. The van der Waals surface area contributed by atoms with Crippen LogP contribution in [0.5, 0.6) is 0 Å². The van der Waals surface area contributed by atoms with E-state index in [0.29, 0.717) is 6.54 Å². The van der Waals surface area contributed by atoms with Crippen LogP contribution in [0.3, 0.4) is 0 Å². The van der Waals surface area contributed by atoms with Crippen LogP contribution in [0.4, 0.5) is 4.39 Å². The van der Waals surface area contributed by atoms with Crippen LogP contribution in [0.1, 0.15) is 19.3 Å². The van der Waals surface area contributed by atoms with Gasteiger partial charge < -0.3 is 5.73 Å². The molecule has 0 radical (unpaired) electrons. The van der Waals surface area contributed by atoms with Gasteiger partial charge in [0.15, 0.2) is 0 Å². The monoisotopic (exact) mass is 306 g/mol. The predicted molar refractivity (Wildman–Crippen MR) is 71.9 cm³/mol. The summed E-state index contributed by atoms with van der Waals surface area (Å²) in [5, 5.41) is 0.0576. The molecule has 1 aliphatic carbocycles. The predicted octanol–water partition coefficient (Wildman–Crippen LogP) is 1.88. The molecule has 106 valence electrons. The van der Waals surface area contributed by atoms with Gasteiger partial charge in [0, 0.05) is 11.1 Å². The second-order valence-corrected chi connectivity index (χ2v) is 6.91. The van der Waals surface area contributed by atoms with Crippen LogP contribution in [0.15, 0.2) is 23.1 Å². The third kappa shape index (κ3) is 3.45. The third-order valence-electron chi connectivity index (χ3n) is 3.41. The van der Waals surface area contributed by atoms with Crippen molar-refractivity contribution in [2.45, 2.75) is 30.2 Å². The van der Waals surface area contributed by atoms with E-state index in [1.54, 1.807) is 0 Å². The number of hydrogen-bond acceptors (Lipinski definition) is 3. The van der Waals surface area contributed by atoms with Gasteiger partial charge in [-0.15, -0.1) is 0 Å². The molecule has 2 unspecified atom stereocenters. The van der Waals surface area contributed by atoms with Crippen molar-refractivity contribution in [2.24, 2.45) is 11.7 Å². The highest BCUT2D eigenvalue weighted by molar-refractivity contribution is 7.89. The Kier molecular flexibility index (Phi) is 4.45. The van der Waals surface area contributed by atoms with Crippen LogP contribution in [0.25, 0.3) is 0 Å². The summed E-state index contributed by atoms with van der Waals surface area (Å²) >= 11 is 5.68. The molecule has 0 aliphatic heterocycles. The van der Waals surface area contributed by atoms with Gasteiger partial charge in [-0.1, -0.05) is 18.0 Å². The Morgan fingerprint density at radius 3 is 2.74 bits per heavy atom. The van der Waals surface area contributed by atoms with Crippen molar-refractivity contribution in [3.8, 4) is 0 Å². The van der Waals surface area contributed by atoms with Gasteiger partial charge in [0.05, 0.1) is 4.90 Å². The number of sulfonamides is 1. The zero-order valence-electron chi connectivity index (χ0n) is 10.3. The van der Waals surface area contributed by atoms with E-state index in [9.17, 15) is 12.8 Å². The molecule has 4 nitrogen and oxygen atoms in total. The molecule has 0 aromatic heterocycles. The Bertz CT molecular complexity index is 545. The Balaban J connectivity index is 2.22. The summed E-state index contributed by atoms with van der Waals surface area (Å²) in [6, 6.07) is 3.08. The Morgan fingerprint density at radius 2 is 2.11 bits per heavy atom. The van der Waals surface area contributed by atoms with Crippen molar-refractivity contribution in [2.75, 3.05) is 6.54 Å². The molecule has 2 atom stereocenters. The van der Waals surface area contributed by atoms with Crippen molar-refractivity contribution >= 4 is 21.6 Å². The summed E-state index contributed by atoms with van der Waals surface area (Å²) in [7, 11) is -3.76. The first-order valence-electron chi connectivity index (χ1n) is 6.11. The van der Waals surface area contributed by atoms with E-state index < -0.39 is 15.8 Å². The highest BCUT2D eigenvalue weighted by Gasteiger charge is 2.30. The summed E-state index contributed by atoms with van der Waals surface area (Å²) in [5.74, 6) is -0.534. The molecule has 0 amide bonds. The van der Waals surface area contributed by atoms with Crippen molar-refractivity contribution < 1.29 is 12.8 Å². The molecule has 1 aromatic carbocycles. The standard InChI is InChI=1S/C12H16ClFN2O2S/c13-9-4-10(14)6-11(5-9)19(17,18)16-12-3-1-2-8(12)7-15/h4-6,8,12,16H,1-3,7,15H2. The highest BCUT2D eigenvalue weighted by Crippen LogP contribution is 2.27. The maximum absolute atomic E-state index is 13.2. The van der Waals surface area contributed by atoms with Gasteiger partial charge in [-0.05, 0) is 43.5 Å². The van der Waals surface area contributed by atoms with Gasteiger partial charge in [-0.2, -0.15) is 0 Å². The molecule has 0 spiro atoms. The zero-order chi connectivity index (χ0) is 14.0. The molecule has 7 heteroatoms. The maximum Gasteiger partial charge on any atom is 0.240 e. The molecule has 2 rings (SSSR count). The summed E-state index contributed by atoms with van der Waals surface area (Å²) in [5.41, 5.74) is 5.61. The van der Waals surface area contributed by atoms with Crippen LogP contribution in [0.2, 0.25) is 5.02 Å². The number of halogens is 2. The summed E-state index contributed by atoms with van der Waals surface area (Å²) < 4.78 is 40.2. The van der Waals surface area contributed by atoms with E-state index in [0.717, 1.165) is 31.4 Å². The molecule has 1 fully saturated rings. The summed E-state index contributed by atoms with van der Waals surface area (Å²) in [6.07, 6.45) is 2.61. The highest BCUT2D eigenvalue weighted by atomic mass is 35.5. The fourth-order valence-corrected chi connectivity index (χ4v) is 4.11. The Labute approximate surface area is 117 Å². The maximum atomic E-state index is 13.2.